The summed E-state index contributed by atoms with van der Waals surface area (Å²) in [5.74, 6) is 0. The summed E-state index contributed by atoms with van der Waals surface area (Å²) in [4.78, 5) is 0. The number of hydrogen-bond donors (Lipinski definition) is 0. The summed E-state index contributed by atoms with van der Waals surface area (Å²) >= 11 is 6.63. The van der Waals surface area contributed by atoms with Gasteiger partial charge >= 0.3 is 0 Å². The number of halogens is 1. The Balaban J connectivity index is 1.28. The van der Waals surface area contributed by atoms with E-state index in [0.717, 1.165) is 36.3 Å². The van der Waals surface area contributed by atoms with Crippen LogP contribution in [0.25, 0.3) is 44.1 Å². The zero-order valence-electron chi connectivity index (χ0n) is 26.1. The third-order valence-corrected chi connectivity index (χ3v) is 10.1. The minimum atomic E-state index is 0.809. The Morgan fingerprint density at radius 2 is 1.56 bits per heavy atom. The van der Waals surface area contributed by atoms with Crippen molar-refractivity contribution in [1.29, 1.82) is 0 Å². The molecule has 2 nitrogen and oxygen atoms in total. The molecule has 6 aromatic rings. The van der Waals surface area contributed by atoms with Crippen LogP contribution in [0.2, 0.25) is 5.02 Å². The van der Waals surface area contributed by atoms with Crippen molar-refractivity contribution in [2.24, 2.45) is 0 Å². The molecule has 1 aliphatic heterocycles. The summed E-state index contributed by atoms with van der Waals surface area (Å²) in [5.41, 5.74) is 11.8. The van der Waals surface area contributed by atoms with E-state index in [1.54, 1.807) is 0 Å². The monoisotopic (exact) mass is 603 g/mol. The van der Waals surface area contributed by atoms with Gasteiger partial charge in [0, 0.05) is 50.7 Å². The molecule has 0 spiro atoms. The molecular weight excluding hydrogens is 568 g/mol. The van der Waals surface area contributed by atoms with E-state index in [9.17, 15) is 0 Å². The summed E-state index contributed by atoms with van der Waals surface area (Å²) in [6.07, 6.45) is 11.5. The standard InChI is InChI=1S/C42H36ClN2/c1-4-44-36(33-15-9-13-31-27(3)17-23-38(44)41(31)33)24-20-29-18-19-30(40(29)28-11-7-6-8-12-28)21-25-37-34-16-10-14-32-35(43)22-26-39(42(32)34)45(37)5-2/h6-17,20-26H,4-5,18-19H2,1-3H3/q+1. The van der Waals surface area contributed by atoms with Crippen molar-refractivity contribution < 1.29 is 4.58 Å². The fraction of sp³-hybridized carbons (Fsp3) is 0.167. The maximum Gasteiger partial charge on any atom is 0.214 e. The van der Waals surface area contributed by atoms with Crippen LogP contribution in [0.3, 0.4) is 0 Å². The van der Waals surface area contributed by atoms with Crippen molar-refractivity contribution in [3.63, 3.8) is 0 Å². The molecule has 0 atom stereocenters. The molecular formula is C42H36ClN2+. The number of rotatable bonds is 6. The number of benzene rings is 5. The van der Waals surface area contributed by atoms with E-state index >= 15 is 0 Å². The van der Waals surface area contributed by atoms with Gasteiger partial charge in [0.1, 0.15) is 6.54 Å². The minimum Gasteiger partial charge on any atom is -0.341 e. The Labute approximate surface area is 269 Å². The van der Waals surface area contributed by atoms with Crippen molar-refractivity contribution >= 4 is 67.1 Å². The maximum atomic E-state index is 6.63. The molecule has 0 N–H and O–H groups in total. The quantitative estimate of drug-likeness (QED) is 0.167. The van der Waals surface area contributed by atoms with Crippen LogP contribution in [-0.4, -0.2) is 21.4 Å². The van der Waals surface area contributed by atoms with Crippen molar-refractivity contribution in [2.45, 2.75) is 40.2 Å². The number of nitrogens with zero attached hydrogens (tertiary/aromatic N) is 2. The highest BCUT2D eigenvalue weighted by Crippen LogP contribution is 2.41. The molecule has 220 valence electrons. The van der Waals surface area contributed by atoms with Crippen molar-refractivity contribution in [3.05, 3.63) is 147 Å². The zero-order chi connectivity index (χ0) is 30.7. The molecule has 2 aliphatic rings. The van der Waals surface area contributed by atoms with E-state index in [2.05, 4.69) is 139 Å². The highest BCUT2D eigenvalue weighted by atomic mass is 35.5. The first-order chi connectivity index (χ1) is 22.1. The first kappa shape index (κ1) is 27.9. The molecule has 0 fully saturated rings. The van der Waals surface area contributed by atoms with E-state index in [-0.39, 0.29) is 0 Å². The van der Waals surface area contributed by atoms with Gasteiger partial charge < -0.3 is 4.57 Å². The molecule has 0 unspecified atom stereocenters. The Hall–Kier alpha value is -4.66. The Morgan fingerprint density at radius 1 is 0.756 bits per heavy atom. The normalized spacial score (nSPS) is 16.4. The SMILES string of the molecule is CCn1/c(=C/C=C2\CCC(/C=C/C3=[N+](CC)c4ccc(Cl)c5cccc3c45)=C2c2ccccc2)c2cccc3c(C)ccc1c32. The van der Waals surface area contributed by atoms with Gasteiger partial charge in [0.15, 0.2) is 0 Å². The highest BCUT2D eigenvalue weighted by Gasteiger charge is 2.30. The zero-order valence-corrected chi connectivity index (χ0v) is 26.8. The largest absolute Gasteiger partial charge is 0.341 e. The van der Waals surface area contributed by atoms with Gasteiger partial charge in [0.2, 0.25) is 11.4 Å². The van der Waals surface area contributed by atoms with Gasteiger partial charge in [-0.2, -0.15) is 4.58 Å². The summed E-state index contributed by atoms with van der Waals surface area (Å²) < 4.78 is 4.89. The highest BCUT2D eigenvalue weighted by molar-refractivity contribution is 6.37. The number of allylic oxidation sites excluding steroid dienone is 6. The van der Waals surface area contributed by atoms with Gasteiger partial charge in [-0.25, -0.2) is 0 Å². The second-order valence-corrected chi connectivity index (χ2v) is 12.5. The molecule has 8 rings (SSSR count). The molecule has 5 aromatic carbocycles. The van der Waals surface area contributed by atoms with Gasteiger partial charge in [-0.1, -0.05) is 90.5 Å². The van der Waals surface area contributed by atoms with Crippen LogP contribution >= 0.6 is 11.6 Å². The fourth-order valence-electron chi connectivity index (χ4n) is 7.75. The second-order valence-electron chi connectivity index (χ2n) is 12.1. The lowest BCUT2D eigenvalue weighted by atomic mass is 9.97. The van der Waals surface area contributed by atoms with Crippen molar-refractivity contribution in [2.75, 3.05) is 6.54 Å². The topological polar surface area (TPSA) is 7.94 Å². The number of hydrogen-bond acceptors (Lipinski definition) is 0. The van der Waals surface area contributed by atoms with Crippen LogP contribution in [0.5, 0.6) is 0 Å². The van der Waals surface area contributed by atoms with Crippen LogP contribution in [0.15, 0.2) is 120 Å². The third-order valence-electron chi connectivity index (χ3n) is 9.80. The average Bonchev–Trinajstić information content (AvgIpc) is 3.73. The molecule has 45 heavy (non-hydrogen) atoms. The third kappa shape index (κ3) is 4.35. The van der Waals surface area contributed by atoms with E-state index in [1.165, 1.54) is 77.2 Å². The van der Waals surface area contributed by atoms with Crippen LogP contribution < -0.4 is 5.35 Å². The van der Waals surface area contributed by atoms with E-state index in [1.807, 2.05) is 6.07 Å². The lowest BCUT2D eigenvalue weighted by Crippen LogP contribution is -2.14. The predicted molar refractivity (Wildman–Crippen MR) is 193 cm³/mol. The molecule has 1 aromatic heterocycles. The van der Waals surface area contributed by atoms with Gasteiger partial charge in [-0.3, -0.25) is 0 Å². The lowest BCUT2D eigenvalue weighted by Gasteiger charge is -2.08. The first-order valence-corrected chi connectivity index (χ1v) is 16.5. The smallest absolute Gasteiger partial charge is 0.214 e. The predicted octanol–water partition coefficient (Wildman–Crippen LogP) is 10.3. The Bertz CT molecular complexity index is 2340. The van der Waals surface area contributed by atoms with Gasteiger partial charge in [0.25, 0.3) is 0 Å². The molecule has 3 heteroatoms. The van der Waals surface area contributed by atoms with Gasteiger partial charge in [-0.15, -0.1) is 0 Å². The minimum absolute atomic E-state index is 0.809. The van der Waals surface area contributed by atoms with Crippen molar-refractivity contribution in [1.82, 2.24) is 4.57 Å². The van der Waals surface area contributed by atoms with Crippen LogP contribution in [-0.2, 0) is 6.54 Å². The van der Waals surface area contributed by atoms with Crippen LogP contribution in [0.4, 0.5) is 5.69 Å². The van der Waals surface area contributed by atoms with Gasteiger partial charge in [0.05, 0.1) is 10.9 Å². The molecule has 0 bridgehead atoms. The summed E-state index contributed by atoms with van der Waals surface area (Å²) in [6.45, 7) is 8.52. The van der Waals surface area contributed by atoms with E-state index in [0.29, 0.717) is 0 Å². The first-order valence-electron chi connectivity index (χ1n) is 16.1. The lowest BCUT2D eigenvalue weighted by molar-refractivity contribution is -0.430. The average molecular weight is 604 g/mol. The molecule has 0 amide bonds. The van der Waals surface area contributed by atoms with E-state index < -0.39 is 0 Å². The Kier molecular flexibility index (Phi) is 6.84. The second kappa shape index (κ2) is 11.1. The van der Waals surface area contributed by atoms with Crippen molar-refractivity contribution in [3.8, 4) is 0 Å². The summed E-state index contributed by atoms with van der Waals surface area (Å²) in [7, 11) is 0. The fourth-order valence-corrected chi connectivity index (χ4v) is 7.97. The van der Waals surface area contributed by atoms with E-state index in [4.69, 9.17) is 11.6 Å². The Morgan fingerprint density at radius 3 is 2.38 bits per heavy atom. The molecule has 0 radical (unpaired) electrons. The maximum absolute atomic E-state index is 6.63. The van der Waals surface area contributed by atoms with Gasteiger partial charge in [-0.05, 0) is 91.1 Å². The molecule has 0 saturated heterocycles. The summed E-state index contributed by atoms with van der Waals surface area (Å²) in [6, 6.07) is 32.9. The molecule has 1 aliphatic carbocycles. The number of aryl methyl sites for hydroxylation is 2. The number of aromatic nitrogens is 1. The molecule has 2 heterocycles. The van der Waals surface area contributed by atoms with Crippen LogP contribution in [0.1, 0.15) is 43.4 Å². The summed E-state index contributed by atoms with van der Waals surface area (Å²) in [5, 5.41) is 8.54. The molecule has 0 saturated carbocycles. The van der Waals surface area contributed by atoms with Crippen LogP contribution in [0, 0.1) is 6.92 Å².